The third kappa shape index (κ3) is 1.90. The number of benzene rings is 1. The Kier molecular flexibility index (Phi) is 3.72. The van der Waals surface area contributed by atoms with E-state index in [1.165, 1.54) is 0 Å². The van der Waals surface area contributed by atoms with Crippen LogP contribution in [0.3, 0.4) is 0 Å². The summed E-state index contributed by atoms with van der Waals surface area (Å²) in [6, 6.07) is 1.79. The molecular formula is C7H6ClI2NO. The fourth-order valence-corrected chi connectivity index (χ4v) is 3.44. The molecule has 0 amide bonds. The Labute approximate surface area is 103 Å². The highest BCUT2D eigenvalue weighted by Crippen LogP contribution is 2.36. The third-order valence-corrected chi connectivity index (χ3v) is 3.55. The molecule has 0 saturated heterocycles. The molecule has 2 N–H and O–H groups in total. The maximum atomic E-state index is 5.86. The van der Waals surface area contributed by atoms with E-state index in [4.69, 9.17) is 22.1 Å². The first-order valence-corrected chi connectivity index (χ1v) is 5.58. The second-order valence-electron chi connectivity index (χ2n) is 2.10. The lowest BCUT2D eigenvalue weighted by atomic mass is 10.3. The van der Waals surface area contributed by atoms with Gasteiger partial charge in [0.1, 0.15) is 5.75 Å². The Morgan fingerprint density at radius 2 is 2.08 bits per heavy atom. The largest absolute Gasteiger partial charge is 0.494 e. The summed E-state index contributed by atoms with van der Waals surface area (Å²) in [7, 11) is 1.62. The fraction of sp³-hybridized carbons (Fsp3) is 0.143. The minimum Gasteiger partial charge on any atom is -0.494 e. The van der Waals surface area contributed by atoms with Crippen LogP contribution in [0.25, 0.3) is 0 Å². The van der Waals surface area contributed by atoms with Gasteiger partial charge in [0.25, 0.3) is 0 Å². The van der Waals surface area contributed by atoms with Crippen molar-refractivity contribution in [3.8, 4) is 5.75 Å². The number of nitrogen functional groups attached to an aromatic ring is 1. The summed E-state index contributed by atoms with van der Waals surface area (Å²) in [5.41, 5.74) is 6.28. The Morgan fingerprint density at radius 3 is 2.58 bits per heavy atom. The Balaban J connectivity index is 3.40. The molecule has 0 spiro atoms. The van der Waals surface area contributed by atoms with E-state index in [1.54, 1.807) is 13.2 Å². The molecule has 1 aromatic carbocycles. The minimum absolute atomic E-state index is 0.574. The molecule has 0 aliphatic rings. The lowest BCUT2D eigenvalue weighted by Crippen LogP contribution is -1.97. The summed E-state index contributed by atoms with van der Waals surface area (Å²) in [5.74, 6) is 0.790. The summed E-state index contributed by atoms with van der Waals surface area (Å²) < 4.78 is 7.00. The Bertz CT molecular complexity index is 317. The van der Waals surface area contributed by atoms with Crippen LogP contribution in [0.4, 0.5) is 5.69 Å². The molecule has 0 radical (unpaired) electrons. The van der Waals surface area contributed by atoms with Crippen LogP contribution in [-0.4, -0.2) is 7.11 Å². The maximum Gasteiger partial charge on any atom is 0.147 e. The van der Waals surface area contributed by atoms with Crippen LogP contribution >= 0.6 is 56.8 Å². The van der Waals surface area contributed by atoms with E-state index in [1.807, 2.05) is 0 Å². The first-order valence-electron chi connectivity index (χ1n) is 3.05. The van der Waals surface area contributed by atoms with Gasteiger partial charge in [0, 0.05) is 0 Å². The van der Waals surface area contributed by atoms with Gasteiger partial charge in [0.2, 0.25) is 0 Å². The van der Waals surface area contributed by atoms with E-state index >= 15 is 0 Å². The van der Waals surface area contributed by atoms with Gasteiger partial charge in [-0.05, 0) is 51.2 Å². The van der Waals surface area contributed by atoms with Gasteiger partial charge in [0.05, 0.1) is 25.0 Å². The molecule has 5 heteroatoms. The summed E-state index contributed by atoms with van der Waals surface area (Å²) in [6.45, 7) is 0. The van der Waals surface area contributed by atoms with Gasteiger partial charge in [-0.2, -0.15) is 0 Å². The van der Waals surface area contributed by atoms with E-state index < -0.39 is 0 Å². The second kappa shape index (κ2) is 4.19. The summed E-state index contributed by atoms with van der Waals surface area (Å²) in [4.78, 5) is 0. The molecule has 0 fully saturated rings. The lowest BCUT2D eigenvalue weighted by Gasteiger charge is -2.09. The molecule has 1 aromatic rings. The zero-order valence-electron chi connectivity index (χ0n) is 6.20. The van der Waals surface area contributed by atoms with Crippen molar-refractivity contribution in [2.45, 2.75) is 0 Å². The van der Waals surface area contributed by atoms with Crippen molar-refractivity contribution in [1.82, 2.24) is 0 Å². The molecule has 1 rings (SSSR count). The van der Waals surface area contributed by atoms with Crippen molar-refractivity contribution in [2.75, 3.05) is 12.8 Å². The molecule has 0 unspecified atom stereocenters. The topological polar surface area (TPSA) is 35.2 Å². The number of rotatable bonds is 1. The summed E-state index contributed by atoms with van der Waals surface area (Å²) >= 11 is 10.1. The molecule has 2 nitrogen and oxygen atoms in total. The van der Waals surface area contributed by atoms with Crippen LogP contribution in [0.5, 0.6) is 5.75 Å². The van der Waals surface area contributed by atoms with Crippen molar-refractivity contribution in [3.63, 3.8) is 0 Å². The quantitative estimate of drug-likeness (QED) is 0.572. The first kappa shape index (κ1) is 10.6. The van der Waals surface area contributed by atoms with Crippen LogP contribution in [0.1, 0.15) is 0 Å². The van der Waals surface area contributed by atoms with Gasteiger partial charge in [-0.1, -0.05) is 11.6 Å². The first-order chi connectivity index (χ1) is 5.57. The number of hydrogen-bond acceptors (Lipinski definition) is 2. The third-order valence-electron chi connectivity index (χ3n) is 1.37. The molecule has 12 heavy (non-hydrogen) atoms. The maximum absolute atomic E-state index is 5.86. The summed E-state index contributed by atoms with van der Waals surface area (Å²) in [5, 5.41) is 0.574. The molecule has 66 valence electrons. The predicted octanol–water partition coefficient (Wildman–Crippen LogP) is 3.14. The number of nitrogens with two attached hydrogens (primary N) is 1. The highest BCUT2D eigenvalue weighted by molar-refractivity contribution is 14.1. The number of anilines is 1. The van der Waals surface area contributed by atoms with Crippen molar-refractivity contribution >= 4 is 62.5 Å². The van der Waals surface area contributed by atoms with Gasteiger partial charge in [0.15, 0.2) is 0 Å². The smallest absolute Gasteiger partial charge is 0.147 e. The molecule has 0 atom stereocenters. The average Bonchev–Trinajstić information content (AvgIpc) is 2.01. The SMILES string of the molecule is COc1c(I)cc(Cl)c(N)c1I. The van der Waals surface area contributed by atoms with E-state index in [9.17, 15) is 0 Å². The molecule has 0 aliphatic heterocycles. The highest BCUT2D eigenvalue weighted by atomic mass is 127. The molecule has 0 saturated carbocycles. The monoisotopic (exact) mass is 409 g/mol. The van der Waals surface area contributed by atoms with Gasteiger partial charge < -0.3 is 10.5 Å². The predicted molar refractivity (Wildman–Crippen MR) is 67.9 cm³/mol. The highest BCUT2D eigenvalue weighted by Gasteiger charge is 2.11. The molecule has 0 aliphatic carbocycles. The van der Waals surface area contributed by atoms with Crippen molar-refractivity contribution < 1.29 is 4.74 Å². The van der Waals surface area contributed by atoms with E-state index in [-0.39, 0.29) is 0 Å². The lowest BCUT2D eigenvalue weighted by molar-refractivity contribution is 0.409. The van der Waals surface area contributed by atoms with E-state index in [0.717, 1.165) is 12.9 Å². The van der Waals surface area contributed by atoms with Gasteiger partial charge in [-0.15, -0.1) is 0 Å². The second-order valence-corrected chi connectivity index (χ2v) is 4.75. The van der Waals surface area contributed by atoms with Crippen LogP contribution in [0.2, 0.25) is 5.02 Å². The Morgan fingerprint density at radius 1 is 1.50 bits per heavy atom. The normalized spacial score (nSPS) is 10.0. The van der Waals surface area contributed by atoms with Gasteiger partial charge in [-0.3, -0.25) is 0 Å². The number of ether oxygens (including phenoxy) is 1. The minimum atomic E-state index is 0.574. The zero-order chi connectivity index (χ0) is 9.30. The van der Waals surface area contributed by atoms with Crippen molar-refractivity contribution in [2.24, 2.45) is 0 Å². The van der Waals surface area contributed by atoms with E-state index in [0.29, 0.717) is 10.7 Å². The number of methoxy groups -OCH3 is 1. The van der Waals surface area contributed by atoms with Crippen LogP contribution < -0.4 is 10.5 Å². The zero-order valence-corrected chi connectivity index (χ0v) is 11.3. The number of hydrogen-bond donors (Lipinski definition) is 1. The van der Waals surface area contributed by atoms with Crippen LogP contribution in [0, 0.1) is 7.14 Å². The Hall–Kier alpha value is 0.570. The standard InChI is InChI=1S/C7H6ClI2NO/c1-12-7-4(9)2-3(8)6(11)5(7)10/h2H,11H2,1H3. The van der Waals surface area contributed by atoms with Crippen LogP contribution in [0.15, 0.2) is 6.07 Å². The van der Waals surface area contributed by atoms with Crippen LogP contribution in [-0.2, 0) is 0 Å². The molecular weight excluding hydrogens is 403 g/mol. The van der Waals surface area contributed by atoms with Crippen molar-refractivity contribution in [1.29, 1.82) is 0 Å². The molecule has 0 aromatic heterocycles. The summed E-state index contributed by atoms with van der Waals surface area (Å²) in [6.07, 6.45) is 0. The molecule has 0 bridgehead atoms. The van der Waals surface area contributed by atoms with Gasteiger partial charge >= 0.3 is 0 Å². The molecule has 0 heterocycles. The fourth-order valence-electron chi connectivity index (χ4n) is 0.774. The van der Waals surface area contributed by atoms with Crippen molar-refractivity contribution in [3.05, 3.63) is 18.2 Å². The van der Waals surface area contributed by atoms with Gasteiger partial charge in [-0.25, -0.2) is 0 Å². The van der Waals surface area contributed by atoms with E-state index in [2.05, 4.69) is 45.2 Å². The average molecular weight is 409 g/mol. The number of halogens is 3.